The zero-order valence-corrected chi connectivity index (χ0v) is 11.6. The van der Waals surface area contributed by atoms with Gasteiger partial charge >= 0.3 is 0 Å². The van der Waals surface area contributed by atoms with E-state index in [0.29, 0.717) is 10.6 Å². The average Bonchev–Trinajstić information content (AvgIpc) is 2.76. The van der Waals surface area contributed by atoms with Crippen molar-refractivity contribution in [3.8, 4) is 6.07 Å². The molecule has 3 nitrogen and oxygen atoms in total. The summed E-state index contributed by atoms with van der Waals surface area (Å²) in [6, 6.07) is 7.38. The molecule has 0 saturated heterocycles. The minimum Gasteiger partial charge on any atom is -0.375 e. The molecule has 0 fully saturated rings. The van der Waals surface area contributed by atoms with Crippen molar-refractivity contribution in [3.63, 3.8) is 0 Å². The molecule has 1 aromatic carbocycles. The monoisotopic (exact) mass is 277 g/mol. The third kappa shape index (κ3) is 2.81. The van der Waals surface area contributed by atoms with Crippen LogP contribution >= 0.6 is 22.9 Å². The molecule has 0 saturated carbocycles. The Morgan fingerprint density at radius 2 is 2.28 bits per heavy atom. The Morgan fingerprint density at radius 3 is 2.89 bits per heavy atom. The van der Waals surface area contributed by atoms with Crippen LogP contribution in [0, 0.1) is 18.3 Å². The van der Waals surface area contributed by atoms with E-state index in [-0.39, 0.29) is 6.04 Å². The topological polar surface area (TPSA) is 48.7 Å². The molecule has 92 valence electrons. The molecular weight excluding hydrogens is 266 g/mol. The standard InChI is InChI=1S/C13H12ClN3S/c1-8-7-16-13(18-8)9(2)17-12-5-11(14)4-3-10(12)6-15/h3-5,7,9,17H,1-2H3. The normalized spacial score (nSPS) is 11.9. The molecule has 1 heterocycles. The lowest BCUT2D eigenvalue weighted by Gasteiger charge is -2.14. The highest BCUT2D eigenvalue weighted by molar-refractivity contribution is 7.11. The number of hydrogen-bond acceptors (Lipinski definition) is 4. The molecule has 0 bridgehead atoms. The summed E-state index contributed by atoms with van der Waals surface area (Å²) in [6.07, 6.45) is 1.85. The Kier molecular flexibility index (Phi) is 3.85. The van der Waals surface area contributed by atoms with Crippen molar-refractivity contribution >= 4 is 28.6 Å². The molecule has 0 radical (unpaired) electrons. The Morgan fingerprint density at radius 1 is 1.50 bits per heavy atom. The van der Waals surface area contributed by atoms with Gasteiger partial charge in [-0.2, -0.15) is 5.26 Å². The number of anilines is 1. The van der Waals surface area contributed by atoms with E-state index in [9.17, 15) is 0 Å². The van der Waals surface area contributed by atoms with Gasteiger partial charge in [-0.1, -0.05) is 11.6 Å². The van der Waals surface area contributed by atoms with Crippen molar-refractivity contribution in [1.82, 2.24) is 4.98 Å². The zero-order chi connectivity index (χ0) is 13.1. The summed E-state index contributed by atoms with van der Waals surface area (Å²) in [4.78, 5) is 5.50. The van der Waals surface area contributed by atoms with Gasteiger partial charge < -0.3 is 5.32 Å². The lowest BCUT2D eigenvalue weighted by atomic mass is 10.2. The predicted molar refractivity (Wildman–Crippen MR) is 75.1 cm³/mol. The van der Waals surface area contributed by atoms with Crippen LogP contribution in [0.15, 0.2) is 24.4 Å². The summed E-state index contributed by atoms with van der Waals surface area (Å²) in [7, 11) is 0. The molecule has 0 spiro atoms. The minimum absolute atomic E-state index is 0.0502. The van der Waals surface area contributed by atoms with Gasteiger partial charge in [-0.05, 0) is 32.0 Å². The quantitative estimate of drug-likeness (QED) is 0.917. The van der Waals surface area contributed by atoms with Crippen LogP contribution in [0.5, 0.6) is 0 Å². The fourth-order valence-corrected chi connectivity index (χ4v) is 2.55. The Balaban J connectivity index is 2.24. The van der Waals surface area contributed by atoms with Gasteiger partial charge in [0.05, 0.1) is 17.3 Å². The van der Waals surface area contributed by atoms with Crippen LogP contribution < -0.4 is 5.32 Å². The van der Waals surface area contributed by atoms with Gasteiger partial charge in [0.1, 0.15) is 11.1 Å². The molecule has 1 unspecified atom stereocenters. The van der Waals surface area contributed by atoms with Crippen LogP contribution in [0.3, 0.4) is 0 Å². The maximum atomic E-state index is 9.05. The Hall–Kier alpha value is -1.57. The number of thiazole rings is 1. The van der Waals surface area contributed by atoms with E-state index in [4.69, 9.17) is 16.9 Å². The van der Waals surface area contributed by atoms with E-state index >= 15 is 0 Å². The second-order valence-electron chi connectivity index (χ2n) is 3.98. The lowest BCUT2D eigenvalue weighted by molar-refractivity contribution is 0.869. The van der Waals surface area contributed by atoms with Gasteiger partial charge in [-0.15, -0.1) is 11.3 Å². The number of benzene rings is 1. The molecule has 0 aliphatic heterocycles. The highest BCUT2D eigenvalue weighted by Gasteiger charge is 2.11. The SMILES string of the molecule is Cc1cnc(C(C)Nc2cc(Cl)ccc2C#N)s1. The van der Waals surface area contributed by atoms with Gasteiger partial charge in [0.25, 0.3) is 0 Å². The first kappa shape index (κ1) is 12.9. The highest BCUT2D eigenvalue weighted by atomic mass is 35.5. The molecule has 1 aromatic heterocycles. The Labute approximate surface area is 115 Å². The summed E-state index contributed by atoms with van der Waals surface area (Å²) < 4.78 is 0. The molecule has 0 aliphatic carbocycles. The fourth-order valence-electron chi connectivity index (χ4n) is 1.60. The third-order valence-electron chi connectivity index (χ3n) is 2.48. The molecule has 2 rings (SSSR count). The summed E-state index contributed by atoms with van der Waals surface area (Å²) in [5, 5.41) is 13.9. The smallest absolute Gasteiger partial charge is 0.115 e. The fraction of sp³-hybridized carbons (Fsp3) is 0.231. The van der Waals surface area contributed by atoms with Gasteiger partial charge in [-0.25, -0.2) is 4.98 Å². The van der Waals surface area contributed by atoms with Crippen LogP contribution in [0.4, 0.5) is 5.69 Å². The van der Waals surface area contributed by atoms with Crippen LogP contribution in [-0.2, 0) is 0 Å². The van der Waals surface area contributed by atoms with Crippen molar-refractivity contribution in [3.05, 3.63) is 44.9 Å². The van der Waals surface area contributed by atoms with E-state index in [1.807, 2.05) is 20.0 Å². The van der Waals surface area contributed by atoms with Crippen molar-refractivity contribution < 1.29 is 0 Å². The van der Waals surface area contributed by atoms with Gasteiger partial charge in [0, 0.05) is 16.1 Å². The molecule has 1 N–H and O–H groups in total. The second kappa shape index (κ2) is 5.38. The van der Waals surface area contributed by atoms with E-state index in [2.05, 4.69) is 16.4 Å². The lowest BCUT2D eigenvalue weighted by Crippen LogP contribution is -2.07. The number of aryl methyl sites for hydroxylation is 1. The van der Waals surface area contributed by atoms with E-state index in [0.717, 1.165) is 10.7 Å². The third-order valence-corrected chi connectivity index (χ3v) is 3.81. The Bertz CT molecular complexity index is 601. The molecule has 1 atom stereocenters. The molecule has 0 aliphatic rings. The van der Waals surface area contributed by atoms with Gasteiger partial charge in [0.15, 0.2) is 0 Å². The van der Waals surface area contributed by atoms with Crippen LogP contribution in [0.1, 0.15) is 28.4 Å². The maximum Gasteiger partial charge on any atom is 0.115 e. The summed E-state index contributed by atoms with van der Waals surface area (Å²) in [5.74, 6) is 0. The molecule has 2 aromatic rings. The van der Waals surface area contributed by atoms with E-state index in [1.54, 1.807) is 29.5 Å². The van der Waals surface area contributed by atoms with E-state index in [1.165, 1.54) is 4.88 Å². The van der Waals surface area contributed by atoms with Gasteiger partial charge in [0.2, 0.25) is 0 Å². The number of nitrogens with zero attached hydrogens (tertiary/aromatic N) is 2. The van der Waals surface area contributed by atoms with Crippen LogP contribution in [-0.4, -0.2) is 4.98 Å². The zero-order valence-electron chi connectivity index (χ0n) is 10.1. The summed E-state index contributed by atoms with van der Waals surface area (Å²) in [5.41, 5.74) is 1.32. The largest absolute Gasteiger partial charge is 0.375 e. The molecule has 18 heavy (non-hydrogen) atoms. The molecule has 0 amide bonds. The number of aromatic nitrogens is 1. The predicted octanol–water partition coefficient (Wildman–Crippen LogP) is 4.15. The summed E-state index contributed by atoms with van der Waals surface area (Å²) >= 11 is 7.59. The maximum absolute atomic E-state index is 9.05. The van der Waals surface area contributed by atoms with Crippen molar-refractivity contribution in [2.24, 2.45) is 0 Å². The first-order valence-electron chi connectivity index (χ1n) is 5.48. The summed E-state index contributed by atoms with van der Waals surface area (Å²) in [6.45, 7) is 4.04. The number of rotatable bonds is 3. The second-order valence-corrected chi connectivity index (χ2v) is 5.68. The first-order valence-corrected chi connectivity index (χ1v) is 6.68. The van der Waals surface area contributed by atoms with Crippen molar-refractivity contribution in [2.75, 3.05) is 5.32 Å². The van der Waals surface area contributed by atoms with E-state index < -0.39 is 0 Å². The average molecular weight is 278 g/mol. The number of halogens is 1. The first-order chi connectivity index (χ1) is 8.60. The highest BCUT2D eigenvalue weighted by Crippen LogP contribution is 2.27. The number of hydrogen-bond donors (Lipinski definition) is 1. The molecular formula is C13H12ClN3S. The number of nitriles is 1. The van der Waals surface area contributed by atoms with Gasteiger partial charge in [-0.3, -0.25) is 0 Å². The van der Waals surface area contributed by atoms with Crippen LogP contribution in [0.25, 0.3) is 0 Å². The minimum atomic E-state index is 0.0502. The molecule has 5 heteroatoms. The number of nitrogens with one attached hydrogen (secondary N) is 1. The van der Waals surface area contributed by atoms with Crippen molar-refractivity contribution in [1.29, 1.82) is 5.26 Å². The van der Waals surface area contributed by atoms with Crippen molar-refractivity contribution in [2.45, 2.75) is 19.9 Å². The van der Waals surface area contributed by atoms with Crippen LogP contribution in [0.2, 0.25) is 5.02 Å².